The zero-order valence-corrected chi connectivity index (χ0v) is 35.9. The van der Waals surface area contributed by atoms with Gasteiger partial charge in [-0.2, -0.15) is 8.42 Å². The molecule has 0 bridgehead atoms. The zero-order valence-electron chi connectivity index (χ0n) is 33.1. The van der Waals surface area contributed by atoms with Crippen LogP contribution in [-0.4, -0.2) is 43.9 Å². The minimum atomic E-state index is -3.77. The van der Waals surface area contributed by atoms with Crippen LogP contribution in [0.5, 0.6) is 0 Å². The van der Waals surface area contributed by atoms with Crippen LogP contribution < -0.4 is 0 Å². The van der Waals surface area contributed by atoms with Crippen LogP contribution in [0.2, 0.25) is 36.3 Å². The van der Waals surface area contributed by atoms with Crippen molar-refractivity contribution in [3.05, 3.63) is 65.3 Å². The molecule has 1 aromatic carbocycles. The first-order valence-electron chi connectivity index (χ1n) is 18.8. The van der Waals surface area contributed by atoms with Gasteiger partial charge in [-0.15, -0.1) is 0 Å². The average molecular weight is 729 g/mol. The molecule has 8 heteroatoms. The third kappa shape index (κ3) is 9.39. The Hall–Kier alpha value is -1.30. The highest BCUT2D eigenvalue weighted by Gasteiger charge is 2.47. The standard InChI is InChI=1S/C41H68O5SSi2/c1-28-15-21-34(22-16-28)47(42,43)44-27-30(3)35-23-24-36-33(19-17-29(2)39(35)36)20-18-32-25-37(45-48(11,12)40(5,6)7)31(4)38(26-32)46-49(13,14)41(8,9)10/h15-16,18,20-22,29-30,35-39H,4,17,19,23-27H2,1-3,5-14H3/b32-18?,33-20+/t29-,30-,35-,36+,37-,38+,39+/m0/s1. The minimum absolute atomic E-state index is 0.0268. The number of hydrogen-bond donors (Lipinski definition) is 0. The Kier molecular flexibility index (Phi) is 12.4. The first-order chi connectivity index (χ1) is 22.4. The highest BCUT2D eigenvalue weighted by Crippen LogP contribution is 2.53. The van der Waals surface area contributed by atoms with E-state index in [0.717, 1.165) is 43.2 Å². The summed E-state index contributed by atoms with van der Waals surface area (Å²) in [5, 5.41) is 0.235. The topological polar surface area (TPSA) is 61.8 Å². The number of fused-ring (bicyclic) bond motifs is 1. The van der Waals surface area contributed by atoms with Crippen molar-refractivity contribution in [1.29, 1.82) is 0 Å². The number of rotatable bonds is 10. The summed E-state index contributed by atoms with van der Waals surface area (Å²) in [5.74, 6) is 2.32. The Balaban J connectivity index is 1.53. The van der Waals surface area contributed by atoms with Crippen molar-refractivity contribution in [3.63, 3.8) is 0 Å². The molecule has 0 N–H and O–H groups in total. The molecule has 3 aliphatic rings. The maximum Gasteiger partial charge on any atom is 0.296 e. The second kappa shape index (κ2) is 15.0. The van der Waals surface area contributed by atoms with E-state index >= 15 is 0 Å². The fraction of sp³-hybridized carbons (Fsp3) is 0.707. The second-order valence-electron chi connectivity index (χ2n) is 18.8. The minimum Gasteiger partial charge on any atom is -0.410 e. The molecule has 0 aromatic heterocycles. The van der Waals surface area contributed by atoms with Crippen molar-refractivity contribution in [2.24, 2.45) is 29.6 Å². The lowest BCUT2D eigenvalue weighted by atomic mass is 9.67. The number of hydrogen-bond acceptors (Lipinski definition) is 5. The van der Waals surface area contributed by atoms with E-state index in [2.05, 4.69) is 100 Å². The van der Waals surface area contributed by atoms with Gasteiger partial charge in [0.05, 0.1) is 23.7 Å². The molecule has 0 heterocycles. The van der Waals surface area contributed by atoms with Crippen LogP contribution in [0, 0.1) is 36.5 Å². The van der Waals surface area contributed by atoms with E-state index in [-0.39, 0.29) is 39.7 Å². The number of aryl methyl sites for hydroxylation is 1. The van der Waals surface area contributed by atoms with Crippen LogP contribution >= 0.6 is 0 Å². The molecule has 0 saturated heterocycles. The van der Waals surface area contributed by atoms with Crippen molar-refractivity contribution < 1.29 is 21.5 Å². The molecule has 3 saturated carbocycles. The van der Waals surface area contributed by atoms with Crippen LogP contribution in [-0.2, 0) is 23.2 Å². The molecule has 0 aliphatic heterocycles. The second-order valence-corrected chi connectivity index (χ2v) is 29.9. The molecular weight excluding hydrogens is 661 g/mol. The van der Waals surface area contributed by atoms with Crippen molar-refractivity contribution in [3.8, 4) is 0 Å². The van der Waals surface area contributed by atoms with E-state index in [1.165, 1.54) is 12.0 Å². The van der Waals surface area contributed by atoms with Gasteiger partial charge in [0.1, 0.15) is 0 Å². The summed E-state index contributed by atoms with van der Waals surface area (Å²) in [6.07, 6.45) is 11.1. The molecule has 0 spiro atoms. The van der Waals surface area contributed by atoms with Gasteiger partial charge in [0.15, 0.2) is 16.6 Å². The van der Waals surface area contributed by atoms with Crippen LogP contribution in [0.3, 0.4) is 0 Å². The summed E-state index contributed by atoms with van der Waals surface area (Å²) >= 11 is 0. The van der Waals surface area contributed by atoms with Gasteiger partial charge in [0.25, 0.3) is 10.1 Å². The van der Waals surface area contributed by atoms with E-state index in [9.17, 15) is 8.42 Å². The van der Waals surface area contributed by atoms with Crippen molar-refractivity contribution >= 4 is 26.8 Å². The van der Waals surface area contributed by atoms with E-state index in [4.69, 9.17) is 13.0 Å². The molecule has 276 valence electrons. The molecule has 0 unspecified atom stereocenters. The molecule has 0 radical (unpaired) electrons. The average Bonchev–Trinajstić information content (AvgIpc) is 3.43. The molecule has 49 heavy (non-hydrogen) atoms. The Labute approximate surface area is 302 Å². The lowest BCUT2D eigenvalue weighted by Crippen LogP contribution is -2.49. The fourth-order valence-electron chi connectivity index (χ4n) is 7.73. The van der Waals surface area contributed by atoms with Crippen LogP contribution in [0.1, 0.15) is 99.5 Å². The summed E-state index contributed by atoms with van der Waals surface area (Å²) in [4.78, 5) is 0.235. The Bertz CT molecular complexity index is 1450. The molecule has 7 atom stereocenters. The predicted octanol–water partition coefficient (Wildman–Crippen LogP) is 11.4. The first-order valence-corrected chi connectivity index (χ1v) is 26.0. The molecule has 5 nitrogen and oxygen atoms in total. The monoisotopic (exact) mass is 728 g/mol. The fourth-order valence-corrected chi connectivity index (χ4v) is 11.3. The lowest BCUT2D eigenvalue weighted by molar-refractivity contribution is 0.124. The summed E-state index contributed by atoms with van der Waals surface area (Å²) in [5.41, 5.74) is 5.11. The van der Waals surface area contributed by atoms with Crippen molar-refractivity contribution in [1.82, 2.24) is 0 Å². The lowest BCUT2D eigenvalue weighted by Gasteiger charge is -2.46. The van der Waals surface area contributed by atoms with Crippen LogP contribution in [0.25, 0.3) is 0 Å². The van der Waals surface area contributed by atoms with Crippen molar-refractivity contribution in [2.75, 3.05) is 6.61 Å². The highest BCUT2D eigenvalue weighted by molar-refractivity contribution is 7.86. The van der Waals surface area contributed by atoms with Gasteiger partial charge >= 0.3 is 0 Å². The van der Waals surface area contributed by atoms with E-state index in [1.54, 1.807) is 17.7 Å². The summed E-state index contributed by atoms with van der Waals surface area (Å²) in [6, 6.07) is 6.92. The van der Waals surface area contributed by atoms with Crippen molar-refractivity contribution in [2.45, 2.75) is 154 Å². The van der Waals surface area contributed by atoms with E-state index < -0.39 is 26.8 Å². The van der Waals surface area contributed by atoms with E-state index in [1.807, 2.05) is 19.1 Å². The maximum atomic E-state index is 13.0. The summed E-state index contributed by atoms with van der Waals surface area (Å²) in [7, 11) is -7.82. The Morgan fingerprint density at radius 1 is 0.878 bits per heavy atom. The highest BCUT2D eigenvalue weighted by atomic mass is 32.2. The predicted molar refractivity (Wildman–Crippen MR) is 210 cm³/mol. The summed E-state index contributed by atoms with van der Waals surface area (Å²) in [6.45, 7) is 34.6. The van der Waals surface area contributed by atoms with E-state index in [0.29, 0.717) is 23.7 Å². The maximum absolute atomic E-state index is 13.0. The van der Waals surface area contributed by atoms with Crippen LogP contribution in [0.4, 0.5) is 0 Å². The van der Waals surface area contributed by atoms with Crippen LogP contribution in [0.15, 0.2) is 64.6 Å². The quantitative estimate of drug-likeness (QED) is 0.136. The Morgan fingerprint density at radius 3 is 1.92 bits per heavy atom. The summed E-state index contributed by atoms with van der Waals surface area (Å²) < 4.78 is 45.7. The first kappa shape index (κ1) is 40.5. The van der Waals surface area contributed by atoms with Gasteiger partial charge in [-0.3, -0.25) is 4.18 Å². The molecule has 3 fully saturated rings. The van der Waals surface area contributed by atoms with Gasteiger partial charge in [-0.25, -0.2) is 0 Å². The number of benzene rings is 1. The van der Waals surface area contributed by atoms with Gasteiger partial charge in [0, 0.05) is 0 Å². The van der Waals surface area contributed by atoms with Gasteiger partial charge in [0.2, 0.25) is 0 Å². The molecular formula is C41H68O5SSi2. The Morgan fingerprint density at radius 2 is 1.41 bits per heavy atom. The molecule has 3 aliphatic carbocycles. The molecule has 1 aromatic rings. The largest absolute Gasteiger partial charge is 0.410 e. The normalized spacial score (nSPS) is 29.8. The smallest absolute Gasteiger partial charge is 0.296 e. The SMILES string of the molecule is C=C1[C@@H](O[Si](C)(C)C(C)(C)C)CC(=C/C=C2\CC[C@H](C)[C@@H]3[C@H]([C@@H](C)COS(=O)(=O)c4ccc(C)cc4)CC[C@H]23)C[C@H]1O[Si](C)(C)C(C)(C)C. The van der Waals surface area contributed by atoms with Gasteiger partial charge in [-0.05, 0) is 129 Å². The zero-order chi connectivity index (χ0) is 36.7. The third-order valence-corrected chi connectivity index (χ3v) is 23.3. The third-order valence-electron chi connectivity index (χ3n) is 13.1. The number of allylic oxidation sites excluding steroid dienone is 3. The van der Waals surface area contributed by atoms with Gasteiger partial charge < -0.3 is 8.85 Å². The van der Waals surface area contributed by atoms with Gasteiger partial charge in [-0.1, -0.05) is 103 Å². The molecule has 0 amide bonds. The molecule has 4 rings (SSSR count).